The quantitative estimate of drug-likeness (QED) is 0.583. The lowest BCUT2D eigenvalue weighted by Crippen LogP contribution is -2.22. The van der Waals surface area contributed by atoms with Crippen LogP contribution in [-0.4, -0.2) is 18.4 Å². The summed E-state index contributed by atoms with van der Waals surface area (Å²) >= 11 is 0. The summed E-state index contributed by atoms with van der Waals surface area (Å²) in [4.78, 5) is 23.7. The lowest BCUT2D eigenvalue weighted by molar-refractivity contribution is -0.114. The number of carbonyl (C=O) groups excluding carboxylic acids is 2. The van der Waals surface area contributed by atoms with Crippen LogP contribution in [0.5, 0.6) is 11.5 Å². The average Bonchev–Trinajstić information content (AvgIpc) is 2.69. The van der Waals surface area contributed by atoms with Gasteiger partial charge in [0.2, 0.25) is 11.8 Å². The molecular weight excluding hydrogens is 354 g/mol. The van der Waals surface area contributed by atoms with Crippen LogP contribution in [0.25, 0.3) is 0 Å². The maximum absolute atomic E-state index is 12.4. The van der Waals surface area contributed by atoms with Gasteiger partial charge in [0.1, 0.15) is 5.75 Å². The van der Waals surface area contributed by atoms with Gasteiger partial charge in [0, 0.05) is 11.3 Å². The van der Waals surface area contributed by atoms with Crippen LogP contribution in [0.15, 0.2) is 72.8 Å². The van der Waals surface area contributed by atoms with Gasteiger partial charge in [0.15, 0.2) is 5.75 Å². The number of para-hydroxylation sites is 3. The molecule has 0 radical (unpaired) electrons. The van der Waals surface area contributed by atoms with Crippen molar-refractivity contribution in [3.8, 4) is 11.5 Å². The van der Waals surface area contributed by atoms with Crippen molar-refractivity contribution in [2.75, 3.05) is 17.2 Å². The van der Waals surface area contributed by atoms with Gasteiger partial charge < -0.3 is 21.1 Å². The van der Waals surface area contributed by atoms with Crippen molar-refractivity contribution in [1.29, 1.82) is 0 Å². The minimum atomic E-state index is -0.514. The first kappa shape index (κ1) is 19.0. The number of carbonyl (C=O) groups is 2. The summed E-state index contributed by atoms with van der Waals surface area (Å²) in [6.45, 7) is 1.91. The van der Waals surface area contributed by atoms with Gasteiger partial charge in [-0.3, -0.25) is 9.59 Å². The Labute approximate surface area is 163 Å². The predicted octanol–water partition coefficient (Wildman–Crippen LogP) is 3.94. The number of nitrogens with two attached hydrogens (primary N) is 1. The largest absolute Gasteiger partial charge is 0.455 e. The van der Waals surface area contributed by atoms with Crippen LogP contribution in [0.3, 0.4) is 0 Å². The molecule has 0 aliphatic heterocycles. The normalized spacial score (nSPS) is 10.2. The molecule has 0 bridgehead atoms. The number of ether oxygens (including phenoxy) is 1. The zero-order valence-electron chi connectivity index (χ0n) is 15.4. The molecule has 6 heteroatoms. The topological polar surface area (TPSA) is 93.5 Å². The highest BCUT2D eigenvalue weighted by atomic mass is 16.5. The summed E-state index contributed by atoms with van der Waals surface area (Å²) in [5.41, 5.74) is 7.85. The fourth-order valence-electron chi connectivity index (χ4n) is 2.61. The molecule has 3 aromatic rings. The Morgan fingerprint density at radius 1 is 0.929 bits per heavy atom. The van der Waals surface area contributed by atoms with Crippen LogP contribution in [0.1, 0.15) is 15.9 Å². The summed E-state index contributed by atoms with van der Waals surface area (Å²) < 4.78 is 5.85. The van der Waals surface area contributed by atoms with E-state index in [1.807, 2.05) is 49.4 Å². The monoisotopic (exact) mass is 375 g/mol. The molecular formula is C22H21N3O3. The second-order valence-electron chi connectivity index (χ2n) is 6.21. The highest BCUT2D eigenvalue weighted by Crippen LogP contribution is 2.29. The molecule has 0 heterocycles. The minimum absolute atomic E-state index is 0.0305. The van der Waals surface area contributed by atoms with Gasteiger partial charge in [-0.2, -0.15) is 0 Å². The van der Waals surface area contributed by atoms with Crippen molar-refractivity contribution in [2.45, 2.75) is 6.92 Å². The van der Waals surface area contributed by atoms with E-state index >= 15 is 0 Å². The van der Waals surface area contributed by atoms with Crippen LogP contribution in [-0.2, 0) is 4.79 Å². The molecule has 142 valence electrons. The molecule has 3 rings (SSSR count). The van der Waals surface area contributed by atoms with Crippen molar-refractivity contribution in [3.05, 3.63) is 83.9 Å². The molecule has 4 N–H and O–H groups in total. The minimum Gasteiger partial charge on any atom is -0.455 e. The third-order valence-corrected chi connectivity index (χ3v) is 4.09. The van der Waals surface area contributed by atoms with Crippen LogP contribution in [0.4, 0.5) is 11.4 Å². The first-order valence-corrected chi connectivity index (χ1v) is 8.79. The molecule has 0 saturated carbocycles. The second kappa shape index (κ2) is 8.73. The molecule has 0 saturated heterocycles. The summed E-state index contributed by atoms with van der Waals surface area (Å²) in [5.74, 6) is 0.475. The van der Waals surface area contributed by atoms with Crippen molar-refractivity contribution < 1.29 is 14.3 Å². The SMILES string of the molecule is Cc1ccc(C(N)=O)cc1NCC(=O)Nc1ccccc1Oc1ccccc1. The standard InChI is InChI=1S/C22H21N3O3/c1-15-11-12-16(22(23)27)13-19(15)24-14-21(26)25-18-9-5-6-10-20(18)28-17-7-3-2-4-8-17/h2-13,24H,14H2,1H3,(H2,23,27)(H,25,26). The molecule has 0 aliphatic carbocycles. The number of nitrogens with one attached hydrogen (secondary N) is 2. The van der Waals surface area contributed by atoms with E-state index < -0.39 is 5.91 Å². The smallest absolute Gasteiger partial charge is 0.248 e. The third kappa shape index (κ3) is 4.88. The van der Waals surface area contributed by atoms with Gasteiger partial charge in [-0.25, -0.2) is 0 Å². The van der Waals surface area contributed by atoms with E-state index in [0.29, 0.717) is 28.4 Å². The lowest BCUT2D eigenvalue weighted by Gasteiger charge is -2.14. The Bertz CT molecular complexity index is 987. The Kier molecular flexibility index (Phi) is 5.91. The first-order chi connectivity index (χ1) is 13.5. The molecule has 0 fully saturated rings. The number of hydrogen-bond acceptors (Lipinski definition) is 4. The fraction of sp³-hybridized carbons (Fsp3) is 0.0909. The van der Waals surface area contributed by atoms with Crippen molar-refractivity contribution in [3.63, 3.8) is 0 Å². The highest BCUT2D eigenvalue weighted by molar-refractivity contribution is 5.96. The lowest BCUT2D eigenvalue weighted by atomic mass is 10.1. The zero-order valence-corrected chi connectivity index (χ0v) is 15.4. The number of amides is 2. The zero-order chi connectivity index (χ0) is 19.9. The van der Waals surface area contributed by atoms with E-state index in [4.69, 9.17) is 10.5 Å². The van der Waals surface area contributed by atoms with Gasteiger partial charge in [-0.05, 0) is 48.9 Å². The van der Waals surface area contributed by atoms with Gasteiger partial charge in [0.25, 0.3) is 0 Å². The van der Waals surface area contributed by atoms with Crippen LogP contribution < -0.4 is 21.1 Å². The molecule has 28 heavy (non-hydrogen) atoms. The highest BCUT2D eigenvalue weighted by Gasteiger charge is 2.10. The van der Waals surface area contributed by atoms with Gasteiger partial charge >= 0.3 is 0 Å². The predicted molar refractivity (Wildman–Crippen MR) is 110 cm³/mol. The van der Waals surface area contributed by atoms with Crippen LogP contribution >= 0.6 is 0 Å². The molecule has 2 amide bonds. The molecule has 6 nitrogen and oxygen atoms in total. The van der Waals surface area contributed by atoms with Gasteiger partial charge in [-0.15, -0.1) is 0 Å². The number of benzene rings is 3. The summed E-state index contributed by atoms with van der Waals surface area (Å²) in [6.07, 6.45) is 0. The number of primary amides is 1. The Morgan fingerprint density at radius 3 is 2.39 bits per heavy atom. The van der Waals surface area contributed by atoms with E-state index in [1.54, 1.807) is 30.3 Å². The van der Waals surface area contributed by atoms with Crippen LogP contribution in [0, 0.1) is 6.92 Å². The molecule has 0 spiro atoms. The summed E-state index contributed by atoms with van der Waals surface area (Å²) in [6, 6.07) is 21.6. The number of rotatable bonds is 7. The summed E-state index contributed by atoms with van der Waals surface area (Å²) in [5, 5.41) is 5.88. The maximum atomic E-state index is 12.4. The molecule has 0 aliphatic rings. The van der Waals surface area contributed by atoms with E-state index in [0.717, 1.165) is 5.56 Å². The van der Waals surface area contributed by atoms with E-state index in [1.165, 1.54) is 0 Å². The third-order valence-electron chi connectivity index (χ3n) is 4.09. The Balaban J connectivity index is 1.66. The average molecular weight is 375 g/mol. The number of anilines is 2. The summed E-state index contributed by atoms with van der Waals surface area (Å²) in [7, 11) is 0. The number of hydrogen-bond donors (Lipinski definition) is 3. The number of aryl methyl sites for hydroxylation is 1. The fourth-order valence-corrected chi connectivity index (χ4v) is 2.61. The molecule has 3 aromatic carbocycles. The van der Waals surface area contributed by atoms with E-state index in [9.17, 15) is 9.59 Å². The van der Waals surface area contributed by atoms with Gasteiger partial charge in [0.05, 0.1) is 12.2 Å². The van der Waals surface area contributed by atoms with Crippen molar-refractivity contribution in [2.24, 2.45) is 5.73 Å². The van der Waals surface area contributed by atoms with Crippen molar-refractivity contribution >= 4 is 23.2 Å². The van der Waals surface area contributed by atoms with Crippen LogP contribution in [0.2, 0.25) is 0 Å². The van der Waals surface area contributed by atoms with E-state index in [-0.39, 0.29) is 12.5 Å². The second-order valence-corrected chi connectivity index (χ2v) is 6.21. The maximum Gasteiger partial charge on any atom is 0.248 e. The Hall–Kier alpha value is -3.80. The Morgan fingerprint density at radius 2 is 1.64 bits per heavy atom. The molecule has 0 atom stereocenters. The van der Waals surface area contributed by atoms with E-state index in [2.05, 4.69) is 10.6 Å². The van der Waals surface area contributed by atoms with Gasteiger partial charge in [-0.1, -0.05) is 36.4 Å². The molecule has 0 unspecified atom stereocenters. The van der Waals surface area contributed by atoms with Crippen molar-refractivity contribution in [1.82, 2.24) is 0 Å². The molecule has 0 aromatic heterocycles. The first-order valence-electron chi connectivity index (χ1n) is 8.79.